The van der Waals surface area contributed by atoms with E-state index in [-0.39, 0.29) is 12.1 Å². The van der Waals surface area contributed by atoms with Gasteiger partial charge in [0.05, 0.1) is 18.8 Å². The van der Waals surface area contributed by atoms with Crippen molar-refractivity contribution in [2.45, 2.75) is 44.2 Å². The fourth-order valence-corrected chi connectivity index (χ4v) is 2.36. The lowest BCUT2D eigenvalue weighted by Gasteiger charge is -2.37. The van der Waals surface area contributed by atoms with Gasteiger partial charge in [-0.2, -0.15) is 5.26 Å². The number of aliphatic hydroxyl groups is 1. The van der Waals surface area contributed by atoms with Crippen LogP contribution in [0.3, 0.4) is 0 Å². The molecule has 1 saturated carbocycles. The smallest absolute Gasteiger partial charge is 0.0695 e. The maximum atomic E-state index is 9.97. The van der Waals surface area contributed by atoms with Gasteiger partial charge < -0.3 is 9.84 Å². The molecule has 0 bridgehead atoms. The van der Waals surface area contributed by atoms with E-state index < -0.39 is 0 Å². The molecule has 0 radical (unpaired) electrons. The highest BCUT2D eigenvalue weighted by Crippen LogP contribution is 2.23. The first kappa shape index (κ1) is 13.4. The standard InChI is InChI=1S/C12H22N2O2/c1-16-10-9-14(8-4-7-13)11-5-2-3-6-12(11)15/h11-12,15H,2-6,8-10H2,1H3/t11-,12-/m1/s1. The minimum absolute atomic E-state index is 0.220. The minimum Gasteiger partial charge on any atom is -0.391 e. The molecule has 1 aliphatic carbocycles. The molecule has 0 aromatic rings. The van der Waals surface area contributed by atoms with E-state index in [9.17, 15) is 5.11 Å². The van der Waals surface area contributed by atoms with Gasteiger partial charge in [-0.05, 0) is 12.8 Å². The van der Waals surface area contributed by atoms with E-state index in [1.807, 2.05) is 0 Å². The molecule has 0 unspecified atom stereocenters. The van der Waals surface area contributed by atoms with Crippen LogP contribution in [-0.4, -0.2) is 49.0 Å². The molecule has 4 heteroatoms. The predicted octanol–water partition coefficient (Wildman–Crippen LogP) is 1.15. The van der Waals surface area contributed by atoms with Crippen molar-refractivity contribution in [1.82, 2.24) is 4.90 Å². The van der Waals surface area contributed by atoms with E-state index >= 15 is 0 Å². The lowest BCUT2D eigenvalue weighted by Crippen LogP contribution is -2.47. The molecule has 0 aromatic carbocycles. The predicted molar refractivity (Wildman–Crippen MR) is 61.9 cm³/mol. The first-order valence-corrected chi connectivity index (χ1v) is 6.07. The van der Waals surface area contributed by atoms with Crippen LogP contribution in [0.2, 0.25) is 0 Å². The van der Waals surface area contributed by atoms with Crippen molar-refractivity contribution < 1.29 is 9.84 Å². The Morgan fingerprint density at radius 2 is 2.12 bits per heavy atom. The summed E-state index contributed by atoms with van der Waals surface area (Å²) in [5.74, 6) is 0. The molecule has 92 valence electrons. The van der Waals surface area contributed by atoms with E-state index in [1.54, 1.807) is 7.11 Å². The number of ether oxygens (including phenoxy) is 1. The number of nitriles is 1. The van der Waals surface area contributed by atoms with Crippen molar-refractivity contribution >= 4 is 0 Å². The van der Waals surface area contributed by atoms with Crippen molar-refractivity contribution in [3.05, 3.63) is 0 Å². The van der Waals surface area contributed by atoms with Crippen LogP contribution in [0.1, 0.15) is 32.1 Å². The van der Waals surface area contributed by atoms with E-state index in [1.165, 1.54) is 6.42 Å². The third-order valence-corrected chi connectivity index (χ3v) is 3.26. The molecule has 0 aliphatic heterocycles. The second kappa shape index (κ2) is 7.61. The van der Waals surface area contributed by atoms with Gasteiger partial charge in [-0.15, -0.1) is 0 Å². The lowest BCUT2D eigenvalue weighted by atomic mass is 9.91. The minimum atomic E-state index is -0.232. The van der Waals surface area contributed by atoms with E-state index in [0.717, 1.165) is 32.4 Å². The number of rotatable bonds is 6. The van der Waals surface area contributed by atoms with Gasteiger partial charge in [0.2, 0.25) is 0 Å². The highest BCUT2D eigenvalue weighted by molar-refractivity contribution is 4.85. The van der Waals surface area contributed by atoms with Crippen LogP contribution in [0, 0.1) is 11.3 Å². The van der Waals surface area contributed by atoms with Gasteiger partial charge in [0.1, 0.15) is 0 Å². The summed E-state index contributed by atoms with van der Waals surface area (Å²) < 4.78 is 5.07. The molecule has 1 aliphatic rings. The van der Waals surface area contributed by atoms with Crippen LogP contribution in [0.15, 0.2) is 0 Å². The summed E-state index contributed by atoms with van der Waals surface area (Å²) in [4.78, 5) is 2.20. The molecule has 1 N–H and O–H groups in total. The Labute approximate surface area is 97.8 Å². The maximum Gasteiger partial charge on any atom is 0.0695 e. The fourth-order valence-electron chi connectivity index (χ4n) is 2.36. The molecule has 1 rings (SSSR count). The van der Waals surface area contributed by atoms with Gasteiger partial charge in [-0.1, -0.05) is 12.8 Å². The van der Waals surface area contributed by atoms with Crippen molar-refractivity contribution in [2.75, 3.05) is 26.8 Å². The lowest BCUT2D eigenvalue weighted by molar-refractivity contribution is 0.00991. The van der Waals surface area contributed by atoms with Crippen LogP contribution in [0.25, 0.3) is 0 Å². The average molecular weight is 226 g/mol. The maximum absolute atomic E-state index is 9.97. The molecule has 0 saturated heterocycles. The van der Waals surface area contributed by atoms with Crippen LogP contribution in [0.4, 0.5) is 0 Å². The third-order valence-electron chi connectivity index (χ3n) is 3.26. The number of aliphatic hydroxyl groups excluding tert-OH is 1. The van der Waals surface area contributed by atoms with E-state index in [4.69, 9.17) is 10.00 Å². The number of methoxy groups -OCH3 is 1. The third kappa shape index (κ3) is 4.09. The Morgan fingerprint density at radius 3 is 2.75 bits per heavy atom. The van der Waals surface area contributed by atoms with Crippen molar-refractivity contribution in [2.24, 2.45) is 0 Å². The SMILES string of the molecule is COCCN(CCC#N)[C@@H]1CCCC[C@H]1O. The molecule has 0 spiro atoms. The number of hydrogen-bond acceptors (Lipinski definition) is 4. The van der Waals surface area contributed by atoms with Gasteiger partial charge in [0, 0.05) is 32.7 Å². The first-order valence-electron chi connectivity index (χ1n) is 6.07. The summed E-state index contributed by atoms with van der Waals surface area (Å²) in [7, 11) is 1.68. The van der Waals surface area contributed by atoms with Crippen molar-refractivity contribution in [3.8, 4) is 6.07 Å². The zero-order valence-electron chi connectivity index (χ0n) is 10.1. The van der Waals surface area contributed by atoms with Crippen LogP contribution in [0.5, 0.6) is 0 Å². The van der Waals surface area contributed by atoms with Crippen molar-refractivity contribution in [1.29, 1.82) is 5.26 Å². The Bertz CT molecular complexity index is 228. The van der Waals surface area contributed by atoms with E-state index in [2.05, 4.69) is 11.0 Å². The molecule has 1 fully saturated rings. The molecule has 0 heterocycles. The Hall–Kier alpha value is -0.630. The van der Waals surface area contributed by atoms with Crippen LogP contribution < -0.4 is 0 Å². The van der Waals surface area contributed by atoms with Crippen LogP contribution >= 0.6 is 0 Å². The molecule has 2 atom stereocenters. The zero-order chi connectivity index (χ0) is 11.8. The number of hydrogen-bond donors (Lipinski definition) is 1. The average Bonchev–Trinajstić information content (AvgIpc) is 2.31. The molecular weight excluding hydrogens is 204 g/mol. The van der Waals surface area contributed by atoms with Crippen LogP contribution in [-0.2, 0) is 4.74 Å². The van der Waals surface area contributed by atoms with Crippen molar-refractivity contribution in [3.63, 3.8) is 0 Å². The summed E-state index contributed by atoms with van der Waals surface area (Å²) in [6, 6.07) is 2.38. The van der Waals surface area contributed by atoms with Gasteiger partial charge in [-0.3, -0.25) is 4.90 Å². The highest BCUT2D eigenvalue weighted by Gasteiger charge is 2.28. The van der Waals surface area contributed by atoms with Gasteiger partial charge in [0.15, 0.2) is 0 Å². The number of nitrogens with zero attached hydrogens (tertiary/aromatic N) is 2. The van der Waals surface area contributed by atoms with E-state index in [0.29, 0.717) is 13.0 Å². The molecule has 16 heavy (non-hydrogen) atoms. The zero-order valence-corrected chi connectivity index (χ0v) is 10.1. The summed E-state index contributed by atoms with van der Waals surface area (Å²) in [6.45, 7) is 2.20. The summed E-state index contributed by atoms with van der Waals surface area (Å²) >= 11 is 0. The monoisotopic (exact) mass is 226 g/mol. The molecular formula is C12H22N2O2. The molecule has 4 nitrogen and oxygen atoms in total. The fraction of sp³-hybridized carbons (Fsp3) is 0.917. The second-order valence-corrected chi connectivity index (χ2v) is 4.36. The summed E-state index contributed by atoms with van der Waals surface area (Å²) in [6.07, 6.45) is 4.51. The normalized spacial score (nSPS) is 25.6. The summed E-state index contributed by atoms with van der Waals surface area (Å²) in [5.41, 5.74) is 0. The Morgan fingerprint density at radius 1 is 1.38 bits per heavy atom. The molecule has 0 aromatic heterocycles. The first-order chi connectivity index (χ1) is 7.79. The molecule has 0 amide bonds. The Balaban J connectivity index is 2.47. The Kier molecular flexibility index (Phi) is 6.39. The highest BCUT2D eigenvalue weighted by atomic mass is 16.5. The van der Waals surface area contributed by atoms with Gasteiger partial charge in [0.25, 0.3) is 0 Å². The largest absolute Gasteiger partial charge is 0.391 e. The topological polar surface area (TPSA) is 56.5 Å². The quantitative estimate of drug-likeness (QED) is 0.738. The summed E-state index contributed by atoms with van der Waals surface area (Å²) in [5, 5.41) is 18.6. The second-order valence-electron chi connectivity index (χ2n) is 4.36. The van der Waals surface area contributed by atoms with Gasteiger partial charge in [-0.25, -0.2) is 0 Å². The van der Waals surface area contributed by atoms with Gasteiger partial charge >= 0.3 is 0 Å².